The first-order valence-corrected chi connectivity index (χ1v) is 8.50. The summed E-state index contributed by atoms with van der Waals surface area (Å²) in [5.41, 5.74) is 3.14. The van der Waals surface area contributed by atoms with Gasteiger partial charge in [-0.05, 0) is 35.0 Å². The summed E-state index contributed by atoms with van der Waals surface area (Å²) in [4.78, 5) is 12.0. The van der Waals surface area contributed by atoms with E-state index in [1.54, 1.807) is 4.68 Å². The highest BCUT2D eigenvalue weighted by Crippen LogP contribution is 2.17. The van der Waals surface area contributed by atoms with Gasteiger partial charge in [0.25, 0.3) is 0 Å². The Morgan fingerprint density at radius 2 is 1.88 bits per heavy atom. The third-order valence-corrected chi connectivity index (χ3v) is 4.30. The third-order valence-electron chi connectivity index (χ3n) is 3.38. The third kappa shape index (κ3) is 4.20. The molecule has 3 aromatic rings. The van der Waals surface area contributed by atoms with Crippen molar-refractivity contribution in [3.05, 3.63) is 65.7 Å². The molecule has 1 aromatic heterocycles. The van der Waals surface area contributed by atoms with Gasteiger partial charge in [-0.3, -0.25) is 4.79 Å². The average Bonchev–Trinajstić information content (AvgIpc) is 3.09. The van der Waals surface area contributed by atoms with Crippen LogP contribution in [0.15, 0.2) is 59.8 Å². The summed E-state index contributed by atoms with van der Waals surface area (Å²) in [7, 11) is 0. The summed E-state index contributed by atoms with van der Waals surface area (Å²) in [5, 5.41) is 15.1. The van der Waals surface area contributed by atoms with Crippen molar-refractivity contribution >= 4 is 17.7 Å². The van der Waals surface area contributed by atoms with Crippen molar-refractivity contribution in [3.63, 3.8) is 0 Å². The number of tetrazole rings is 1. The molecule has 3 rings (SSSR count). The molecule has 0 spiro atoms. The van der Waals surface area contributed by atoms with Crippen molar-refractivity contribution < 1.29 is 4.79 Å². The van der Waals surface area contributed by atoms with Gasteiger partial charge < -0.3 is 5.32 Å². The van der Waals surface area contributed by atoms with Crippen molar-refractivity contribution in [2.45, 2.75) is 18.6 Å². The highest BCUT2D eigenvalue weighted by atomic mass is 32.2. The van der Waals surface area contributed by atoms with E-state index in [1.165, 1.54) is 17.3 Å². The maximum absolute atomic E-state index is 12.0. The van der Waals surface area contributed by atoms with Crippen LogP contribution in [0.1, 0.15) is 11.1 Å². The minimum atomic E-state index is -0.0526. The zero-order valence-electron chi connectivity index (χ0n) is 13.2. The molecular weight excluding hydrogens is 322 g/mol. The van der Waals surface area contributed by atoms with E-state index in [-0.39, 0.29) is 11.7 Å². The lowest BCUT2D eigenvalue weighted by atomic mass is 10.1. The number of amides is 1. The maximum Gasteiger partial charge on any atom is 0.230 e. The first kappa shape index (κ1) is 16.2. The van der Waals surface area contributed by atoms with Crippen molar-refractivity contribution in [1.82, 2.24) is 25.5 Å². The first-order valence-electron chi connectivity index (χ1n) is 7.51. The number of hydrogen-bond acceptors (Lipinski definition) is 5. The van der Waals surface area contributed by atoms with E-state index in [9.17, 15) is 4.79 Å². The van der Waals surface area contributed by atoms with E-state index in [4.69, 9.17) is 0 Å². The smallest absolute Gasteiger partial charge is 0.230 e. The fraction of sp³-hybridized carbons (Fsp3) is 0.176. The number of hydrogen-bond donors (Lipinski definition) is 1. The number of thioether (sulfide) groups is 1. The molecule has 24 heavy (non-hydrogen) atoms. The molecule has 0 radical (unpaired) electrons. The molecule has 0 fully saturated rings. The number of para-hydroxylation sites is 1. The predicted molar refractivity (Wildman–Crippen MR) is 92.9 cm³/mol. The highest BCUT2D eigenvalue weighted by molar-refractivity contribution is 7.99. The van der Waals surface area contributed by atoms with Crippen molar-refractivity contribution in [2.24, 2.45) is 0 Å². The van der Waals surface area contributed by atoms with Crippen LogP contribution in [0.4, 0.5) is 0 Å². The van der Waals surface area contributed by atoms with E-state index in [1.807, 2.05) is 61.5 Å². The van der Waals surface area contributed by atoms with Crippen LogP contribution in [0.2, 0.25) is 0 Å². The molecule has 0 atom stereocenters. The van der Waals surface area contributed by atoms with E-state index in [2.05, 4.69) is 20.8 Å². The Balaban J connectivity index is 1.54. The Morgan fingerprint density at radius 3 is 2.62 bits per heavy atom. The average molecular weight is 339 g/mol. The lowest BCUT2D eigenvalue weighted by Crippen LogP contribution is -2.24. The van der Waals surface area contributed by atoms with Crippen LogP contribution in [-0.2, 0) is 11.3 Å². The van der Waals surface area contributed by atoms with Gasteiger partial charge in [-0.2, -0.15) is 4.68 Å². The Labute approximate surface area is 144 Å². The van der Waals surface area contributed by atoms with Gasteiger partial charge in [-0.15, -0.1) is 5.10 Å². The topological polar surface area (TPSA) is 72.7 Å². The number of aromatic nitrogens is 4. The van der Waals surface area contributed by atoms with Gasteiger partial charge in [-0.25, -0.2) is 0 Å². The summed E-state index contributed by atoms with van der Waals surface area (Å²) in [6.07, 6.45) is 0. The molecule has 122 valence electrons. The Morgan fingerprint density at radius 1 is 1.12 bits per heavy atom. The molecule has 6 nitrogen and oxygen atoms in total. The highest BCUT2D eigenvalue weighted by Gasteiger charge is 2.11. The van der Waals surface area contributed by atoms with Crippen molar-refractivity contribution in [2.75, 3.05) is 5.75 Å². The summed E-state index contributed by atoms with van der Waals surface area (Å²) in [6, 6.07) is 17.7. The van der Waals surface area contributed by atoms with Crippen molar-refractivity contribution in [1.29, 1.82) is 0 Å². The van der Waals surface area contributed by atoms with Gasteiger partial charge in [0.05, 0.1) is 11.4 Å². The molecule has 0 aliphatic rings. The minimum Gasteiger partial charge on any atom is -0.351 e. The summed E-state index contributed by atoms with van der Waals surface area (Å²) >= 11 is 1.31. The largest absolute Gasteiger partial charge is 0.351 e. The lowest BCUT2D eigenvalue weighted by molar-refractivity contribution is -0.118. The second-order valence-electron chi connectivity index (χ2n) is 5.26. The van der Waals surface area contributed by atoms with Gasteiger partial charge in [0.15, 0.2) is 0 Å². The van der Waals surface area contributed by atoms with Gasteiger partial charge in [-0.1, -0.05) is 59.8 Å². The van der Waals surface area contributed by atoms with E-state index in [0.717, 1.165) is 11.3 Å². The number of rotatable bonds is 6. The number of nitrogens with zero attached hydrogens (tertiary/aromatic N) is 4. The molecule has 1 N–H and O–H groups in total. The molecule has 0 saturated heterocycles. The molecule has 0 aliphatic carbocycles. The van der Waals surface area contributed by atoms with Crippen LogP contribution in [0.3, 0.4) is 0 Å². The molecule has 0 unspecified atom stereocenters. The van der Waals surface area contributed by atoms with Gasteiger partial charge >= 0.3 is 0 Å². The molecule has 0 aliphatic heterocycles. The van der Waals surface area contributed by atoms with Crippen LogP contribution in [0.25, 0.3) is 5.69 Å². The Bertz CT molecular complexity index is 801. The Kier molecular flexibility index (Phi) is 5.22. The molecular formula is C17H17N5OS. The van der Waals surface area contributed by atoms with Crippen LogP contribution >= 0.6 is 11.8 Å². The molecule has 7 heteroatoms. The molecule has 0 saturated carbocycles. The van der Waals surface area contributed by atoms with Crippen LogP contribution < -0.4 is 5.32 Å². The summed E-state index contributed by atoms with van der Waals surface area (Å²) in [5.74, 6) is 0.210. The van der Waals surface area contributed by atoms with E-state index in [0.29, 0.717) is 11.7 Å². The predicted octanol–water partition coefficient (Wildman–Crippen LogP) is 2.38. The lowest BCUT2D eigenvalue weighted by Gasteiger charge is -2.06. The second kappa shape index (κ2) is 7.74. The molecule has 2 aromatic carbocycles. The molecule has 0 bridgehead atoms. The van der Waals surface area contributed by atoms with Gasteiger partial charge in [0, 0.05) is 6.54 Å². The number of aryl methyl sites for hydroxylation is 1. The zero-order chi connectivity index (χ0) is 16.8. The molecule has 1 amide bonds. The number of carbonyl (C=O) groups excluding carboxylic acids is 1. The minimum absolute atomic E-state index is 0.0526. The van der Waals surface area contributed by atoms with E-state index >= 15 is 0 Å². The molecule has 1 heterocycles. The maximum atomic E-state index is 12.0. The normalized spacial score (nSPS) is 10.5. The van der Waals surface area contributed by atoms with Crippen molar-refractivity contribution in [3.8, 4) is 5.69 Å². The summed E-state index contributed by atoms with van der Waals surface area (Å²) in [6.45, 7) is 2.55. The van der Waals surface area contributed by atoms with Crippen LogP contribution in [-0.4, -0.2) is 31.9 Å². The number of nitrogens with one attached hydrogen (secondary N) is 1. The van der Waals surface area contributed by atoms with Crippen LogP contribution in [0.5, 0.6) is 0 Å². The number of benzene rings is 2. The second-order valence-corrected chi connectivity index (χ2v) is 6.20. The van der Waals surface area contributed by atoms with Gasteiger partial charge in [0.1, 0.15) is 0 Å². The quantitative estimate of drug-likeness (QED) is 0.698. The van der Waals surface area contributed by atoms with E-state index < -0.39 is 0 Å². The standard InChI is InChI=1S/C17H17N5OS/c1-13-7-9-14(10-8-13)11-18-16(23)12-24-17-19-20-21-22(17)15-5-3-2-4-6-15/h2-10H,11-12H2,1H3,(H,18,23). The fourth-order valence-corrected chi connectivity index (χ4v) is 2.81. The monoisotopic (exact) mass is 339 g/mol. The Hall–Kier alpha value is -2.67. The number of carbonyl (C=O) groups is 1. The van der Waals surface area contributed by atoms with Crippen LogP contribution in [0, 0.1) is 6.92 Å². The fourth-order valence-electron chi connectivity index (χ4n) is 2.09. The SMILES string of the molecule is Cc1ccc(CNC(=O)CSc2nnnn2-c2ccccc2)cc1. The first-order chi connectivity index (χ1) is 11.7. The zero-order valence-corrected chi connectivity index (χ0v) is 14.0. The summed E-state index contributed by atoms with van der Waals surface area (Å²) < 4.78 is 1.62. The van der Waals surface area contributed by atoms with Gasteiger partial charge in [0.2, 0.25) is 11.1 Å².